The standard InChI is InChI=1S/C18H29N5O2.2ClH/c1-19-7-12-23-16-6-10-22(13-15(16)4-5-18(23)25)17(24)3-2-9-21-11-8-20-14-21;;/h8,11,14-16,19H,2-7,9-10,12-13H2,1H3;2*1H/t15-,16+;;/m0../s1. The van der Waals surface area contributed by atoms with Gasteiger partial charge in [-0.25, -0.2) is 4.98 Å². The Morgan fingerprint density at radius 2 is 2.11 bits per heavy atom. The molecule has 1 aromatic heterocycles. The number of aryl methyl sites for hydroxylation is 1. The van der Waals surface area contributed by atoms with Crippen molar-refractivity contribution in [2.75, 3.05) is 33.2 Å². The SMILES string of the molecule is CNCCN1C(=O)CC[C@H]2CN(C(=O)CCCn3ccnc3)CC[C@H]21.Cl.Cl. The first-order valence-corrected chi connectivity index (χ1v) is 9.36. The van der Waals surface area contributed by atoms with Gasteiger partial charge in [0.05, 0.1) is 6.33 Å². The first-order valence-electron chi connectivity index (χ1n) is 9.36. The number of aromatic nitrogens is 2. The van der Waals surface area contributed by atoms with E-state index in [4.69, 9.17) is 0 Å². The zero-order chi connectivity index (χ0) is 17.6. The largest absolute Gasteiger partial charge is 0.342 e. The Kier molecular flexibility index (Phi) is 10.1. The highest BCUT2D eigenvalue weighted by molar-refractivity contribution is 5.85. The molecule has 154 valence electrons. The summed E-state index contributed by atoms with van der Waals surface area (Å²) in [5.74, 6) is 0.953. The number of fused-ring (bicyclic) bond motifs is 1. The summed E-state index contributed by atoms with van der Waals surface area (Å²) in [5, 5.41) is 3.13. The average Bonchev–Trinajstić information content (AvgIpc) is 3.14. The fraction of sp³-hybridized carbons (Fsp3) is 0.722. The van der Waals surface area contributed by atoms with Crippen LogP contribution in [0.3, 0.4) is 0 Å². The van der Waals surface area contributed by atoms with Crippen molar-refractivity contribution < 1.29 is 9.59 Å². The summed E-state index contributed by atoms with van der Waals surface area (Å²) >= 11 is 0. The molecule has 3 rings (SSSR count). The molecule has 2 saturated heterocycles. The molecule has 2 atom stereocenters. The Balaban J connectivity index is 0.00000182. The predicted molar refractivity (Wildman–Crippen MR) is 109 cm³/mol. The number of carbonyl (C=O) groups excluding carboxylic acids is 2. The molecule has 27 heavy (non-hydrogen) atoms. The van der Waals surface area contributed by atoms with Crippen LogP contribution >= 0.6 is 24.8 Å². The van der Waals surface area contributed by atoms with E-state index in [1.165, 1.54) is 0 Å². The lowest BCUT2D eigenvalue weighted by molar-refractivity contribution is -0.144. The van der Waals surface area contributed by atoms with E-state index in [9.17, 15) is 9.59 Å². The van der Waals surface area contributed by atoms with Gasteiger partial charge in [-0.3, -0.25) is 9.59 Å². The second-order valence-electron chi connectivity index (χ2n) is 7.09. The Morgan fingerprint density at radius 3 is 2.81 bits per heavy atom. The van der Waals surface area contributed by atoms with Crippen LogP contribution in [0, 0.1) is 5.92 Å². The average molecular weight is 420 g/mol. The topological polar surface area (TPSA) is 70.5 Å². The van der Waals surface area contributed by atoms with E-state index < -0.39 is 0 Å². The molecule has 0 aliphatic carbocycles. The van der Waals surface area contributed by atoms with E-state index >= 15 is 0 Å². The van der Waals surface area contributed by atoms with Crippen molar-refractivity contribution >= 4 is 36.6 Å². The molecular formula is C18H31Cl2N5O2. The molecule has 0 saturated carbocycles. The van der Waals surface area contributed by atoms with Crippen LogP contribution in [-0.4, -0.2) is 70.4 Å². The third-order valence-electron chi connectivity index (χ3n) is 5.47. The highest BCUT2D eigenvalue weighted by Gasteiger charge is 2.39. The number of likely N-dealkylation sites (N-methyl/N-ethyl adjacent to an activating group) is 1. The number of nitrogens with zero attached hydrogens (tertiary/aromatic N) is 4. The van der Waals surface area contributed by atoms with Gasteiger partial charge in [0.2, 0.25) is 11.8 Å². The maximum Gasteiger partial charge on any atom is 0.222 e. The first-order chi connectivity index (χ1) is 12.2. The van der Waals surface area contributed by atoms with Crippen molar-refractivity contribution in [1.29, 1.82) is 0 Å². The van der Waals surface area contributed by atoms with Crippen LogP contribution < -0.4 is 5.32 Å². The zero-order valence-electron chi connectivity index (χ0n) is 15.9. The number of likely N-dealkylation sites (tertiary alicyclic amines) is 2. The summed E-state index contributed by atoms with van der Waals surface area (Å²) in [6.07, 6.45) is 9.34. The highest BCUT2D eigenvalue weighted by Crippen LogP contribution is 2.31. The summed E-state index contributed by atoms with van der Waals surface area (Å²) in [7, 11) is 1.91. The van der Waals surface area contributed by atoms with Crippen LogP contribution in [0.5, 0.6) is 0 Å². The lowest BCUT2D eigenvalue weighted by Gasteiger charge is -2.47. The molecule has 3 heterocycles. The number of rotatable bonds is 7. The summed E-state index contributed by atoms with van der Waals surface area (Å²) < 4.78 is 2.01. The first kappa shape index (κ1) is 23.7. The van der Waals surface area contributed by atoms with Gasteiger partial charge in [0.15, 0.2) is 0 Å². The molecule has 2 aliphatic rings. The number of carbonyl (C=O) groups is 2. The van der Waals surface area contributed by atoms with Crippen LogP contribution in [0.1, 0.15) is 32.1 Å². The molecule has 0 spiro atoms. The maximum atomic E-state index is 12.5. The number of piperidine rings is 2. The van der Waals surface area contributed by atoms with Gasteiger partial charge in [-0.2, -0.15) is 0 Å². The van der Waals surface area contributed by atoms with Gasteiger partial charge in [-0.1, -0.05) is 0 Å². The van der Waals surface area contributed by atoms with Gasteiger partial charge < -0.3 is 19.7 Å². The molecule has 0 bridgehead atoms. The second-order valence-corrected chi connectivity index (χ2v) is 7.09. The lowest BCUT2D eigenvalue weighted by atomic mass is 9.83. The van der Waals surface area contributed by atoms with Crippen molar-refractivity contribution in [3.05, 3.63) is 18.7 Å². The molecule has 0 unspecified atom stereocenters. The van der Waals surface area contributed by atoms with Crippen LogP contribution in [0.15, 0.2) is 18.7 Å². The molecular weight excluding hydrogens is 389 g/mol. The highest BCUT2D eigenvalue weighted by atomic mass is 35.5. The van der Waals surface area contributed by atoms with E-state index in [2.05, 4.69) is 10.3 Å². The Morgan fingerprint density at radius 1 is 1.30 bits per heavy atom. The number of hydrogen-bond acceptors (Lipinski definition) is 4. The normalized spacial score (nSPS) is 21.9. The molecule has 2 amide bonds. The zero-order valence-corrected chi connectivity index (χ0v) is 17.5. The molecule has 1 N–H and O–H groups in total. The lowest BCUT2D eigenvalue weighted by Crippen LogP contribution is -2.57. The molecule has 1 aromatic rings. The number of imidazole rings is 1. The van der Waals surface area contributed by atoms with Crippen molar-refractivity contribution in [3.63, 3.8) is 0 Å². The van der Waals surface area contributed by atoms with E-state index in [1.807, 2.05) is 27.6 Å². The van der Waals surface area contributed by atoms with Gasteiger partial charge in [0.1, 0.15) is 0 Å². The van der Waals surface area contributed by atoms with Gasteiger partial charge in [0.25, 0.3) is 0 Å². The Hall–Kier alpha value is -1.31. The monoisotopic (exact) mass is 419 g/mol. The molecule has 9 heteroatoms. The van der Waals surface area contributed by atoms with Crippen LogP contribution in [-0.2, 0) is 16.1 Å². The van der Waals surface area contributed by atoms with Gasteiger partial charge in [-0.05, 0) is 32.2 Å². The van der Waals surface area contributed by atoms with E-state index in [1.54, 1.807) is 12.5 Å². The third kappa shape index (κ3) is 6.09. The van der Waals surface area contributed by atoms with Crippen LogP contribution in [0.25, 0.3) is 0 Å². The van der Waals surface area contributed by atoms with Crippen LogP contribution in [0.4, 0.5) is 0 Å². The summed E-state index contributed by atoms with van der Waals surface area (Å²) in [6, 6.07) is 0.310. The number of halogens is 2. The summed E-state index contributed by atoms with van der Waals surface area (Å²) in [6.45, 7) is 4.01. The summed E-state index contributed by atoms with van der Waals surface area (Å²) in [5.41, 5.74) is 0. The fourth-order valence-corrected chi connectivity index (χ4v) is 4.09. The minimum atomic E-state index is 0. The minimum Gasteiger partial charge on any atom is -0.342 e. The fourth-order valence-electron chi connectivity index (χ4n) is 4.09. The Labute approximate surface area is 173 Å². The smallest absolute Gasteiger partial charge is 0.222 e. The molecule has 7 nitrogen and oxygen atoms in total. The van der Waals surface area contributed by atoms with Crippen molar-refractivity contribution in [2.45, 2.75) is 44.7 Å². The quantitative estimate of drug-likeness (QED) is 0.727. The number of hydrogen-bond donors (Lipinski definition) is 1. The second kappa shape index (κ2) is 11.5. The van der Waals surface area contributed by atoms with E-state index in [-0.39, 0.29) is 36.6 Å². The van der Waals surface area contributed by atoms with E-state index in [0.717, 1.165) is 52.0 Å². The molecule has 0 aromatic carbocycles. The Bertz CT molecular complexity index is 584. The predicted octanol–water partition coefficient (Wildman–Crippen LogP) is 1.57. The van der Waals surface area contributed by atoms with Crippen molar-refractivity contribution in [1.82, 2.24) is 24.7 Å². The maximum absolute atomic E-state index is 12.5. The van der Waals surface area contributed by atoms with Crippen molar-refractivity contribution in [3.8, 4) is 0 Å². The molecule has 2 aliphatic heterocycles. The third-order valence-corrected chi connectivity index (χ3v) is 5.47. The van der Waals surface area contributed by atoms with Gasteiger partial charge in [-0.15, -0.1) is 24.8 Å². The number of amides is 2. The number of nitrogens with one attached hydrogen (secondary N) is 1. The van der Waals surface area contributed by atoms with Gasteiger partial charge >= 0.3 is 0 Å². The minimum absolute atomic E-state index is 0. The molecule has 2 fully saturated rings. The van der Waals surface area contributed by atoms with Crippen LogP contribution in [0.2, 0.25) is 0 Å². The van der Waals surface area contributed by atoms with Crippen molar-refractivity contribution in [2.24, 2.45) is 5.92 Å². The van der Waals surface area contributed by atoms with E-state index in [0.29, 0.717) is 24.8 Å². The van der Waals surface area contributed by atoms with Gasteiger partial charge in [0, 0.05) is 64.0 Å². The summed E-state index contributed by atoms with van der Waals surface area (Å²) in [4.78, 5) is 32.8. The molecule has 0 radical (unpaired) electrons.